The summed E-state index contributed by atoms with van der Waals surface area (Å²) in [6, 6.07) is 16.8. The summed E-state index contributed by atoms with van der Waals surface area (Å²) >= 11 is 5.35. The van der Waals surface area contributed by atoms with Crippen molar-refractivity contribution < 1.29 is 0 Å². The number of aryl methyl sites for hydroxylation is 1. The average Bonchev–Trinajstić information content (AvgIpc) is 2.41. The number of hydrogen-bond donors (Lipinski definition) is 2. The fraction of sp³-hybridized carbons (Fsp3) is 0.200. The Balaban J connectivity index is 2.06. The lowest BCUT2D eigenvalue weighted by atomic mass is 10.1. The van der Waals surface area contributed by atoms with E-state index in [2.05, 4.69) is 64.7 Å². The molecule has 0 saturated heterocycles. The van der Waals surface area contributed by atoms with Gasteiger partial charge in [-0.2, -0.15) is 0 Å². The number of rotatable bonds is 5. The normalized spacial score (nSPS) is 12.4. The van der Waals surface area contributed by atoms with E-state index in [9.17, 15) is 0 Å². The standard InChI is InChI=1S/C15H17BrN2S/c1-11-5-4-6-12(9-11)14(18-17)10-19-15-8-3-2-7-13(15)16/h2-9,14,18H,10,17H2,1H3. The van der Waals surface area contributed by atoms with E-state index in [-0.39, 0.29) is 6.04 Å². The van der Waals surface area contributed by atoms with Crippen molar-refractivity contribution in [2.75, 3.05) is 5.75 Å². The maximum Gasteiger partial charge on any atom is 0.0554 e. The quantitative estimate of drug-likeness (QED) is 0.491. The number of benzene rings is 2. The molecular weight excluding hydrogens is 320 g/mol. The molecule has 0 spiro atoms. The van der Waals surface area contributed by atoms with Gasteiger partial charge in [-0.15, -0.1) is 11.8 Å². The molecule has 0 saturated carbocycles. The summed E-state index contributed by atoms with van der Waals surface area (Å²) in [6.45, 7) is 2.10. The smallest absolute Gasteiger partial charge is 0.0554 e. The summed E-state index contributed by atoms with van der Waals surface area (Å²) in [7, 11) is 0. The number of halogens is 1. The lowest BCUT2D eigenvalue weighted by Crippen LogP contribution is -2.29. The highest BCUT2D eigenvalue weighted by Crippen LogP contribution is 2.30. The molecule has 0 bridgehead atoms. The fourth-order valence-electron chi connectivity index (χ4n) is 1.86. The molecule has 0 aliphatic heterocycles. The molecule has 2 rings (SSSR count). The van der Waals surface area contributed by atoms with Gasteiger partial charge in [0.25, 0.3) is 0 Å². The topological polar surface area (TPSA) is 38.0 Å². The zero-order chi connectivity index (χ0) is 13.7. The van der Waals surface area contributed by atoms with Crippen LogP contribution in [0.4, 0.5) is 0 Å². The largest absolute Gasteiger partial charge is 0.271 e. The monoisotopic (exact) mass is 336 g/mol. The molecule has 0 aliphatic rings. The molecule has 0 fully saturated rings. The minimum Gasteiger partial charge on any atom is -0.271 e. The maximum atomic E-state index is 5.68. The highest BCUT2D eigenvalue weighted by Gasteiger charge is 2.11. The Morgan fingerprint density at radius 3 is 2.68 bits per heavy atom. The zero-order valence-corrected chi connectivity index (χ0v) is 13.2. The van der Waals surface area contributed by atoms with Crippen molar-refractivity contribution in [3.05, 3.63) is 64.1 Å². The van der Waals surface area contributed by atoms with Crippen LogP contribution in [-0.4, -0.2) is 5.75 Å². The van der Waals surface area contributed by atoms with Gasteiger partial charge in [0.05, 0.1) is 6.04 Å². The second-order valence-electron chi connectivity index (χ2n) is 4.37. The molecule has 2 nitrogen and oxygen atoms in total. The van der Waals surface area contributed by atoms with Crippen molar-refractivity contribution in [3.63, 3.8) is 0 Å². The molecule has 19 heavy (non-hydrogen) atoms. The molecule has 0 aromatic heterocycles. The van der Waals surface area contributed by atoms with Crippen LogP contribution in [0.1, 0.15) is 17.2 Å². The molecule has 1 unspecified atom stereocenters. The first-order valence-electron chi connectivity index (χ1n) is 6.10. The Morgan fingerprint density at radius 2 is 2.00 bits per heavy atom. The van der Waals surface area contributed by atoms with Gasteiger partial charge in [0.2, 0.25) is 0 Å². The van der Waals surface area contributed by atoms with Gasteiger partial charge in [-0.3, -0.25) is 11.3 Å². The predicted octanol–water partition coefficient (Wildman–Crippen LogP) is 4.05. The van der Waals surface area contributed by atoms with E-state index < -0.39 is 0 Å². The van der Waals surface area contributed by atoms with Crippen LogP contribution < -0.4 is 11.3 Å². The number of nitrogens with two attached hydrogens (primary N) is 1. The van der Waals surface area contributed by atoms with Gasteiger partial charge in [0.15, 0.2) is 0 Å². The number of nitrogens with one attached hydrogen (secondary N) is 1. The van der Waals surface area contributed by atoms with Gasteiger partial charge < -0.3 is 0 Å². The highest BCUT2D eigenvalue weighted by molar-refractivity contribution is 9.10. The molecule has 0 heterocycles. The molecule has 3 N–H and O–H groups in total. The summed E-state index contributed by atoms with van der Waals surface area (Å²) in [5, 5.41) is 0. The Morgan fingerprint density at radius 1 is 1.21 bits per heavy atom. The second kappa shape index (κ2) is 7.10. The molecule has 0 aliphatic carbocycles. The van der Waals surface area contributed by atoms with Crippen molar-refractivity contribution in [2.45, 2.75) is 17.9 Å². The fourth-order valence-corrected chi connectivity index (χ4v) is 3.51. The van der Waals surface area contributed by atoms with E-state index in [0.717, 1.165) is 10.2 Å². The van der Waals surface area contributed by atoms with Crippen molar-refractivity contribution >= 4 is 27.7 Å². The van der Waals surface area contributed by atoms with Crippen molar-refractivity contribution in [2.24, 2.45) is 5.84 Å². The first-order valence-corrected chi connectivity index (χ1v) is 7.88. The highest BCUT2D eigenvalue weighted by atomic mass is 79.9. The first kappa shape index (κ1) is 14.6. The molecule has 2 aromatic rings. The van der Waals surface area contributed by atoms with Gasteiger partial charge in [0, 0.05) is 15.1 Å². The van der Waals surface area contributed by atoms with Crippen molar-refractivity contribution in [3.8, 4) is 0 Å². The minimum absolute atomic E-state index is 0.150. The summed E-state index contributed by atoms with van der Waals surface area (Å²) in [5.41, 5.74) is 5.38. The molecule has 0 amide bonds. The summed E-state index contributed by atoms with van der Waals surface area (Å²) in [6.07, 6.45) is 0. The van der Waals surface area contributed by atoms with E-state index in [1.165, 1.54) is 16.0 Å². The zero-order valence-electron chi connectivity index (χ0n) is 10.8. The van der Waals surface area contributed by atoms with E-state index >= 15 is 0 Å². The summed E-state index contributed by atoms with van der Waals surface area (Å²) < 4.78 is 1.13. The molecule has 0 radical (unpaired) electrons. The van der Waals surface area contributed by atoms with Crippen LogP contribution in [0.3, 0.4) is 0 Å². The minimum atomic E-state index is 0.150. The Bertz CT molecular complexity index is 545. The van der Waals surface area contributed by atoms with Crippen LogP contribution >= 0.6 is 27.7 Å². The van der Waals surface area contributed by atoms with E-state index in [4.69, 9.17) is 5.84 Å². The Kier molecular flexibility index (Phi) is 5.45. The Hall–Kier alpha value is -0.810. The molecule has 2 aromatic carbocycles. The molecule has 4 heteroatoms. The third-order valence-electron chi connectivity index (χ3n) is 2.89. The molecule has 100 valence electrons. The number of thioether (sulfide) groups is 1. The van der Waals surface area contributed by atoms with Crippen LogP contribution in [0.5, 0.6) is 0 Å². The van der Waals surface area contributed by atoms with E-state index in [0.29, 0.717) is 0 Å². The third kappa shape index (κ3) is 4.08. The lowest BCUT2D eigenvalue weighted by molar-refractivity contribution is 0.610. The first-order chi connectivity index (χ1) is 9.20. The van der Waals surface area contributed by atoms with Crippen LogP contribution in [0.2, 0.25) is 0 Å². The SMILES string of the molecule is Cc1cccc(C(CSc2ccccc2Br)NN)c1. The summed E-state index contributed by atoms with van der Waals surface area (Å²) in [4.78, 5) is 1.23. The van der Waals surface area contributed by atoms with Gasteiger partial charge >= 0.3 is 0 Å². The van der Waals surface area contributed by atoms with Crippen LogP contribution in [0.15, 0.2) is 57.9 Å². The van der Waals surface area contributed by atoms with Gasteiger partial charge in [-0.1, -0.05) is 42.0 Å². The average molecular weight is 337 g/mol. The molecular formula is C15H17BrN2S. The van der Waals surface area contributed by atoms with Crippen LogP contribution in [-0.2, 0) is 0 Å². The second-order valence-corrected chi connectivity index (χ2v) is 6.29. The predicted molar refractivity (Wildman–Crippen MR) is 86.1 cm³/mol. The third-order valence-corrected chi connectivity index (χ3v) is 5.01. The van der Waals surface area contributed by atoms with Crippen molar-refractivity contribution in [1.82, 2.24) is 5.43 Å². The lowest BCUT2D eigenvalue weighted by Gasteiger charge is -2.17. The van der Waals surface area contributed by atoms with Crippen molar-refractivity contribution in [1.29, 1.82) is 0 Å². The van der Waals surface area contributed by atoms with E-state index in [1.54, 1.807) is 11.8 Å². The number of hydrazine groups is 1. The molecule has 1 atom stereocenters. The van der Waals surface area contributed by atoms with Gasteiger partial charge in [-0.05, 0) is 40.5 Å². The van der Waals surface area contributed by atoms with Gasteiger partial charge in [0.1, 0.15) is 0 Å². The number of hydrogen-bond acceptors (Lipinski definition) is 3. The van der Waals surface area contributed by atoms with E-state index in [1.807, 2.05) is 12.1 Å². The van der Waals surface area contributed by atoms with Gasteiger partial charge in [-0.25, -0.2) is 0 Å². The maximum absolute atomic E-state index is 5.68. The van der Waals surface area contributed by atoms with Crippen LogP contribution in [0, 0.1) is 6.92 Å². The Labute approximate surface area is 126 Å². The summed E-state index contributed by atoms with van der Waals surface area (Å²) in [5.74, 6) is 6.57. The van der Waals surface area contributed by atoms with Crippen LogP contribution in [0.25, 0.3) is 0 Å².